The van der Waals surface area contributed by atoms with E-state index >= 15 is 0 Å². The topological polar surface area (TPSA) is 94.2 Å². The molecule has 0 radical (unpaired) electrons. The molecule has 0 fully saturated rings. The Kier molecular flexibility index (Phi) is 4.21. The number of anilines is 1. The molecule has 0 aliphatic heterocycles. The molecule has 3 heterocycles. The summed E-state index contributed by atoms with van der Waals surface area (Å²) in [7, 11) is 0. The first kappa shape index (κ1) is 16.6. The van der Waals surface area contributed by atoms with Crippen molar-refractivity contribution < 1.29 is 4.79 Å². The van der Waals surface area contributed by atoms with Crippen molar-refractivity contribution in [3.05, 3.63) is 88.4 Å². The van der Waals surface area contributed by atoms with E-state index < -0.39 is 5.91 Å². The number of carbonyl (C=O) groups is 1. The zero-order valence-corrected chi connectivity index (χ0v) is 14.5. The quantitative estimate of drug-likeness (QED) is 0.600. The maximum atomic E-state index is 12.4. The summed E-state index contributed by atoms with van der Waals surface area (Å²) < 4.78 is 3.14. The highest BCUT2D eigenvalue weighted by Gasteiger charge is 2.14. The Morgan fingerprint density at radius 3 is 2.67 bits per heavy atom. The van der Waals surface area contributed by atoms with Gasteiger partial charge in [-0.1, -0.05) is 18.2 Å². The van der Waals surface area contributed by atoms with Crippen molar-refractivity contribution in [2.24, 2.45) is 0 Å². The standard InChI is InChI=1S/C19H16N6O2/c1-13-9-10-20-19-22-17(23-25(13)19)18(27)21-15-7-5-14(6-8-15)12-24-11-3-2-4-16(24)26/h2-11H,12H2,1H3,(H,21,27). The van der Waals surface area contributed by atoms with E-state index in [1.807, 2.05) is 25.1 Å². The summed E-state index contributed by atoms with van der Waals surface area (Å²) in [5, 5.41) is 6.95. The van der Waals surface area contributed by atoms with Crippen LogP contribution in [0.15, 0.2) is 65.7 Å². The first-order valence-corrected chi connectivity index (χ1v) is 8.34. The number of rotatable bonds is 4. The van der Waals surface area contributed by atoms with Crippen molar-refractivity contribution in [1.29, 1.82) is 0 Å². The first-order valence-electron chi connectivity index (χ1n) is 8.34. The molecule has 134 valence electrons. The van der Waals surface area contributed by atoms with E-state index in [1.165, 1.54) is 10.6 Å². The third kappa shape index (κ3) is 3.45. The van der Waals surface area contributed by atoms with Crippen LogP contribution in [0.4, 0.5) is 5.69 Å². The van der Waals surface area contributed by atoms with Gasteiger partial charge < -0.3 is 9.88 Å². The maximum absolute atomic E-state index is 12.4. The predicted octanol–water partition coefficient (Wildman–Crippen LogP) is 1.90. The number of fused-ring (bicyclic) bond motifs is 1. The Hall–Kier alpha value is -3.81. The molecule has 0 saturated carbocycles. The number of carbonyl (C=O) groups excluding carboxylic acids is 1. The lowest BCUT2D eigenvalue weighted by Crippen LogP contribution is -2.18. The van der Waals surface area contributed by atoms with Crippen LogP contribution in [-0.4, -0.2) is 30.1 Å². The first-order chi connectivity index (χ1) is 13.1. The number of nitrogens with one attached hydrogen (secondary N) is 1. The van der Waals surface area contributed by atoms with Gasteiger partial charge >= 0.3 is 0 Å². The van der Waals surface area contributed by atoms with Gasteiger partial charge in [-0.2, -0.15) is 4.98 Å². The van der Waals surface area contributed by atoms with Crippen LogP contribution >= 0.6 is 0 Å². The number of amides is 1. The summed E-state index contributed by atoms with van der Waals surface area (Å²) in [6, 6.07) is 14.1. The molecule has 1 aromatic carbocycles. The normalized spacial score (nSPS) is 10.9. The van der Waals surface area contributed by atoms with Gasteiger partial charge in [-0.3, -0.25) is 9.59 Å². The summed E-state index contributed by atoms with van der Waals surface area (Å²) in [4.78, 5) is 32.4. The van der Waals surface area contributed by atoms with Crippen LogP contribution in [0.5, 0.6) is 0 Å². The van der Waals surface area contributed by atoms with Gasteiger partial charge in [0.1, 0.15) is 0 Å². The second-order valence-electron chi connectivity index (χ2n) is 6.05. The molecule has 0 aliphatic rings. The van der Waals surface area contributed by atoms with Crippen molar-refractivity contribution in [2.45, 2.75) is 13.5 Å². The average molecular weight is 360 g/mol. The molecule has 0 spiro atoms. The molecule has 0 atom stereocenters. The number of hydrogen-bond acceptors (Lipinski definition) is 5. The van der Waals surface area contributed by atoms with Gasteiger partial charge in [0.05, 0.1) is 6.54 Å². The van der Waals surface area contributed by atoms with E-state index in [4.69, 9.17) is 0 Å². The zero-order chi connectivity index (χ0) is 18.8. The number of pyridine rings is 1. The van der Waals surface area contributed by atoms with Crippen LogP contribution in [0.3, 0.4) is 0 Å². The molecule has 1 N–H and O–H groups in total. The highest BCUT2D eigenvalue weighted by Crippen LogP contribution is 2.12. The van der Waals surface area contributed by atoms with Crippen LogP contribution < -0.4 is 10.9 Å². The number of aromatic nitrogens is 5. The maximum Gasteiger partial charge on any atom is 0.295 e. The Labute approximate surface area is 154 Å². The van der Waals surface area contributed by atoms with Crippen molar-refractivity contribution in [3.8, 4) is 0 Å². The van der Waals surface area contributed by atoms with Crippen LogP contribution in [0, 0.1) is 6.92 Å². The lowest BCUT2D eigenvalue weighted by atomic mass is 10.2. The largest absolute Gasteiger partial charge is 0.319 e. The number of aryl methyl sites for hydroxylation is 1. The zero-order valence-electron chi connectivity index (χ0n) is 14.5. The van der Waals surface area contributed by atoms with Gasteiger partial charge in [0.2, 0.25) is 5.82 Å². The van der Waals surface area contributed by atoms with Crippen molar-refractivity contribution in [1.82, 2.24) is 24.1 Å². The minimum Gasteiger partial charge on any atom is -0.319 e. The average Bonchev–Trinajstić information content (AvgIpc) is 3.11. The van der Waals surface area contributed by atoms with Crippen molar-refractivity contribution in [2.75, 3.05) is 5.32 Å². The Morgan fingerprint density at radius 1 is 1.11 bits per heavy atom. The Morgan fingerprint density at radius 2 is 1.93 bits per heavy atom. The minimum atomic E-state index is -0.410. The van der Waals surface area contributed by atoms with Crippen molar-refractivity contribution >= 4 is 17.4 Å². The minimum absolute atomic E-state index is 0.0525. The van der Waals surface area contributed by atoms with Crippen LogP contribution in [-0.2, 0) is 6.54 Å². The number of benzene rings is 1. The monoisotopic (exact) mass is 360 g/mol. The summed E-state index contributed by atoms with van der Waals surface area (Å²) in [5.74, 6) is 0.0208. The smallest absolute Gasteiger partial charge is 0.295 e. The van der Waals surface area contributed by atoms with Crippen LogP contribution in [0.25, 0.3) is 5.78 Å². The molecular formula is C19H16N6O2. The Balaban J connectivity index is 1.49. The van der Waals surface area contributed by atoms with Gasteiger partial charge in [0.25, 0.3) is 17.2 Å². The fraction of sp³-hybridized carbons (Fsp3) is 0.105. The molecule has 0 saturated heterocycles. The second-order valence-corrected chi connectivity index (χ2v) is 6.05. The lowest BCUT2D eigenvalue weighted by Gasteiger charge is -2.07. The van der Waals surface area contributed by atoms with E-state index in [1.54, 1.807) is 41.2 Å². The van der Waals surface area contributed by atoms with Crippen molar-refractivity contribution in [3.63, 3.8) is 0 Å². The third-order valence-electron chi connectivity index (χ3n) is 4.10. The fourth-order valence-electron chi connectivity index (χ4n) is 2.67. The highest BCUT2D eigenvalue weighted by atomic mass is 16.2. The van der Waals surface area contributed by atoms with E-state index in [0.29, 0.717) is 18.0 Å². The number of hydrogen-bond donors (Lipinski definition) is 1. The summed E-state index contributed by atoms with van der Waals surface area (Å²) in [6.45, 7) is 2.33. The SMILES string of the molecule is Cc1ccnc2nc(C(=O)Nc3ccc(Cn4ccccc4=O)cc3)nn12. The molecule has 8 heteroatoms. The van der Waals surface area contributed by atoms with Crippen LogP contribution in [0.2, 0.25) is 0 Å². The molecule has 0 bridgehead atoms. The molecule has 4 rings (SSSR count). The molecule has 0 aliphatic carbocycles. The predicted molar refractivity (Wildman–Crippen MR) is 99.7 cm³/mol. The lowest BCUT2D eigenvalue weighted by molar-refractivity contribution is 0.101. The van der Waals surface area contributed by atoms with Gasteiger partial charge in [0, 0.05) is 29.8 Å². The second kappa shape index (κ2) is 6.83. The molecule has 4 aromatic rings. The van der Waals surface area contributed by atoms with Gasteiger partial charge in [-0.25, -0.2) is 9.50 Å². The fourth-order valence-corrected chi connectivity index (χ4v) is 2.67. The van der Waals surface area contributed by atoms with E-state index in [9.17, 15) is 9.59 Å². The summed E-state index contributed by atoms with van der Waals surface area (Å²) >= 11 is 0. The van der Waals surface area contributed by atoms with E-state index in [-0.39, 0.29) is 11.4 Å². The molecule has 27 heavy (non-hydrogen) atoms. The summed E-state index contributed by atoms with van der Waals surface area (Å²) in [5.41, 5.74) is 2.35. The molecule has 0 unspecified atom stereocenters. The van der Waals surface area contributed by atoms with Crippen LogP contribution in [0.1, 0.15) is 21.9 Å². The summed E-state index contributed by atoms with van der Waals surface area (Å²) in [6.07, 6.45) is 3.36. The molecule has 3 aromatic heterocycles. The molecular weight excluding hydrogens is 344 g/mol. The highest BCUT2D eigenvalue weighted by molar-refractivity contribution is 6.01. The van der Waals surface area contributed by atoms with E-state index in [0.717, 1.165) is 11.3 Å². The van der Waals surface area contributed by atoms with Gasteiger partial charge in [-0.15, -0.1) is 5.10 Å². The van der Waals surface area contributed by atoms with Gasteiger partial charge in [0.15, 0.2) is 0 Å². The molecule has 1 amide bonds. The molecule has 8 nitrogen and oxygen atoms in total. The van der Waals surface area contributed by atoms with Gasteiger partial charge in [-0.05, 0) is 36.8 Å². The van der Waals surface area contributed by atoms with E-state index in [2.05, 4.69) is 20.4 Å². The Bertz CT molecular complexity index is 1180. The third-order valence-corrected chi connectivity index (χ3v) is 4.10. The number of nitrogens with zero attached hydrogens (tertiary/aromatic N) is 5.